The van der Waals surface area contributed by atoms with Gasteiger partial charge in [-0.25, -0.2) is 18.7 Å². The number of rotatable bonds is 3. The molecule has 0 amide bonds. The molecule has 1 atom stereocenters. The minimum Gasteiger partial charge on any atom is -0.394 e. The lowest BCUT2D eigenvalue weighted by Gasteiger charge is -2.26. The van der Waals surface area contributed by atoms with Crippen LogP contribution in [0.3, 0.4) is 0 Å². The second kappa shape index (κ2) is 6.66. The van der Waals surface area contributed by atoms with Crippen LogP contribution in [0.15, 0.2) is 9.63 Å². The number of anilines is 1. The van der Waals surface area contributed by atoms with Gasteiger partial charge in [0.2, 0.25) is 0 Å². The summed E-state index contributed by atoms with van der Waals surface area (Å²) in [7, 11) is 0. The van der Waals surface area contributed by atoms with Gasteiger partial charge in [-0.3, -0.25) is 0 Å². The highest BCUT2D eigenvalue weighted by atomic mass is 79.9. The average molecular weight is 425 g/mol. The van der Waals surface area contributed by atoms with Crippen molar-refractivity contribution in [1.29, 1.82) is 0 Å². The Labute approximate surface area is 149 Å². The van der Waals surface area contributed by atoms with Crippen LogP contribution in [0.2, 0.25) is 5.02 Å². The van der Waals surface area contributed by atoms with Crippen LogP contribution in [0, 0.1) is 11.6 Å². The maximum absolute atomic E-state index is 14.7. The van der Waals surface area contributed by atoms with Crippen LogP contribution >= 0.6 is 39.3 Å². The smallest absolute Gasteiger partial charge is 0.189 e. The van der Waals surface area contributed by atoms with Gasteiger partial charge < -0.3 is 10.0 Å². The molecule has 0 saturated carbocycles. The third-order valence-corrected chi connectivity index (χ3v) is 5.79. The van der Waals surface area contributed by atoms with Crippen molar-refractivity contribution in [2.45, 2.75) is 24.0 Å². The molecular weight excluding hydrogens is 412 g/mol. The van der Waals surface area contributed by atoms with E-state index in [4.69, 9.17) is 11.6 Å². The van der Waals surface area contributed by atoms with Gasteiger partial charge in [0.05, 0.1) is 27.5 Å². The summed E-state index contributed by atoms with van der Waals surface area (Å²) in [6, 6.07) is -0.173. The number of benzene rings is 1. The molecule has 1 aliphatic rings. The monoisotopic (exact) mass is 423 g/mol. The van der Waals surface area contributed by atoms with Gasteiger partial charge in [-0.1, -0.05) is 23.4 Å². The number of aromatic nitrogens is 2. The summed E-state index contributed by atoms with van der Waals surface area (Å²) in [6.07, 6.45) is 3.38. The molecule has 2 aromatic rings. The molecule has 1 aromatic carbocycles. The van der Waals surface area contributed by atoms with Crippen molar-refractivity contribution >= 4 is 56.0 Å². The van der Waals surface area contributed by atoms with Crippen LogP contribution in [0.25, 0.3) is 10.9 Å². The highest BCUT2D eigenvalue weighted by Crippen LogP contribution is 2.40. The maximum atomic E-state index is 14.7. The number of hydrogen-bond acceptors (Lipinski definition) is 5. The normalized spacial score (nSPS) is 18.2. The molecule has 1 aliphatic heterocycles. The van der Waals surface area contributed by atoms with E-state index in [1.54, 1.807) is 11.2 Å². The molecule has 3 rings (SSSR count). The van der Waals surface area contributed by atoms with Gasteiger partial charge in [0.1, 0.15) is 11.3 Å². The molecule has 0 spiro atoms. The summed E-state index contributed by atoms with van der Waals surface area (Å²) >= 11 is 10.1. The van der Waals surface area contributed by atoms with Crippen LogP contribution in [0.5, 0.6) is 0 Å². The first kappa shape index (κ1) is 17.1. The average Bonchev–Trinajstić information content (AvgIpc) is 3.05. The van der Waals surface area contributed by atoms with Crippen LogP contribution < -0.4 is 4.90 Å². The lowest BCUT2D eigenvalue weighted by atomic mass is 10.2. The van der Waals surface area contributed by atoms with E-state index in [1.165, 1.54) is 11.8 Å². The molecule has 1 N–H and O–H groups in total. The Morgan fingerprint density at radius 1 is 1.39 bits per heavy atom. The van der Waals surface area contributed by atoms with Crippen molar-refractivity contribution in [2.75, 3.05) is 24.3 Å². The molecular formula is C14H13BrClF2N3OS. The predicted octanol–water partition coefficient (Wildman–Crippen LogP) is 4.01. The fourth-order valence-corrected chi connectivity index (χ4v) is 3.70. The first-order chi connectivity index (χ1) is 11.0. The molecule has 0 aliphatic carbocycles. The van der Waals surface area contributed by atoms with E-state index in [9.17, 15) is 13.9 Å². The summed E-state index contributed by atoms with van der Waals surface area (Å²) in [5.74, 6) is -1.20. The van der Waals surface area contributed by atoms with Gasteiger partial charge in [0.15, 0.2) is 16.8 Å². The number of thioether (sulfide) groups is 1. The third-order valence-electron chi connectivity index (χ3n) is 3.92. The van der Waals surface area contributed by atoms with Crippen molar-refractivity contribution in [1.82, 2.24) is 9.97 Å². The van der Waals surface area contributed by atoms with Crippen molar-refractivity contribution in [3.63, 3.8) is 0 Å². The minimum atomic E-state index is -0.763. The molecule has 0 unspecified atom stereocenters. The van der Waals surface area contributed by atoms with Gasteiger partial charge >= 0.3 is 0 Å². The van der Waals surface area contributed by atoms with E-state index in [1.807, 2.05) is 0 Å². The van der Waals surface area contributed by atoms with Crippen molar-refractivity contribution in [2.24, 2.45) is 0 Å². The molecule has 2 heterocycles. The molecule has 0 radical (unpaired) electrons. The Bertz CT molecular complexity index is 780. The molecule has 124 valence electrons. The number of aliphatic hydroxyl groups excluding tert-OH is 1. The van der Waals surface area contributed by atoms with Gasteiger partial charge in [0, 0.05) is 6.54 Å². The number of halogens is 4. The van der Waals surface area contributed by atoms with Gasteiger partial charge in [0.25, 0.3) is 0 Å². The zero-order chi connectivity index (χ0) is 16.7. The zero-order valence-electron chi connectivity index (χ0n) is 12.1. The Morgan fingerprint density at radius 3 is 2.78 bits per heavy atom. The molecule has 1 aromatic heterocycles. The van der Waals surface area contributed by atoms with Crippen LogP contribution in [0.1, 0.15) is 12.8 Å². The van der Waals surface area contributed by atoms with Crippen LogP contribution in [0.4, 0.5) is 14.6 Å². The summed E-state index contributed by atoms with van der Waals surface area (Å²) in [4.78, 5) is 10.3. The highest BCUT2D eigenvalue weighted by molar-refractivity contribution is 9.10. The van der Waals surface area contributed by atoms with E-state index >= 15 is 0 Å². The highest BCUT2D eigenvalue weighted by Gasteiger charge is 2.30. The molecule has 0 bridgehead atoms. The first-order valence-electron chi connectivity index (χ1n) is 6.94. The van der Waals surface area contributed by atoms with Crippen molar-refractivity contribution < 1.29 is 13.9 Å². The lowest BCUT2D eigenvalue weighted by Crippen LogP contribution is -2.33. The number of hydrogen-bond donors (Lipinski definition) is 1. The standard InChI is InChI=1S/C14H13BrClF2N3OS/c1-23-14-19-12-7(10(17)9(16)8(15)11(12)18)13(20-14)21-4-2-3-6(21)5-22/h6,22H,2-5H2,1H3/t6-/m0/s1. The lowest BCUT2D eigenvalue weighted by molar-refractivity contribution is 0.266. The topological polar surface area (TPSA) is 49.2 Å². The van der Waals surface area contributed by atoms with Gasteiger partial charge in [-0.2, -0.15) is 0 Å². The van der Waals surface area contributed by atoms with E-state index in [0.29, 0.717) is 11.7 Å². The SMILES string of the molecule is CSc1nc(N2CCC[C@H]2CO)c2c(F)c(Cl)c(Br)c(F)c2n1. The third kappa shape index (κ3) is 2.79. The fourth-order valence-electron chi connectivity index (χ4n) is 2.80. The second-order valence-electron chi connectivity index (χ2n) is 5.19. The van der Waals surface area contributed by atoms with Gasteiger partial charge in [-0.15, -0.1) is 0 Å². The molecule has 9 heteroatoms. The molecule has 1 saturated heterocycles. The molecule has 4 nitrogen and oxygen atoms in total. The van der Waals surface area contributed by atoms with Crippen LogP contribution in [-0.4, -0.2) is 40.5 Å². The summed E-state index contributed by atoms with van der Waals surface area (Å²) < 4.78 is 29.1. The Kier molecular flexibility index (Phi) is 4.96. The minimum absolute atomic E-state index is 0.0474. The van der Waals surface area contributed by atoms with Crippen LogP contribution in [-0.2, 0) is 0 Å². The van der Waals surface area contributed by atoms with E-state index in [-0.39, 0.29) is 38.9 Å². The summed E-state index contributed by atoms with van der Waals surface area (Å²) in [6.45, 7) is 0.536. The van der Waals surface area contributed by atoms with Crippen molar-refractivity contribution in [3.05, 3.63) is 21.1 Å². The number of aliphatic hydroxyl groups is 1. The molecule has 1 fully saturated rings. The largest absolute Gasteiger partial charge is 0.394 e. The fraction of sp³-hybridized carbons (Fsp3) is 0.429. The number of nitrogens with zero attached hydrogens (tertiary/aromatic N) is 3. The Balaban J connectivity index is 2.36. The van der Waals surface area contributed by atoms with E-state index < -0.39 is 11.6 Å². The Morgan fingerprint density at radius 2 is 2.13 bits per heavy atom. The van der Waals surface area contributed by atoms with E-state index in [0.717, 1.165) is 12.8 Å². The number of fused-ring (bicyclic) bond motifs is 1. The van der Waals surface area contributed by atoms with Gasteiger partial charge in [-0.05, 0) is 35.0 Å². The zero-order valence-corrected chi connectivity index (χ0v) is 15.3. The predicted molar refractivity (Wildman–Crippen MR) is 91.4 cm³/mol. The Hall–Kier alpha value is -0.700. The maximum Gasteiger partial charge on any atom is 0.189 e. The quantitative estimate of drug-likeness (QED) is 0.349. The first-order valence-corrected chi connectivity index (χ1v) is 9.34. The second-order valence-corrected chi connectivity index (χ2v) is 7.13. The summed E-state index contributed by atoms with van der Waals surface area (Å²) in [5, 5.41) is 9.48. The molecule has 23 heavy (non-hydrogen) atoms. The van der Waals surface area contributed by atoms with Crippen molar-refractivity contribution in [3.8, 4) is 0 Å². The summed E-state index contributed by atoms with van der Waals surface area (Å²) in [5.41, 5.74) is -0.114. The van der Waals surface area contributed by atoms with E-state index in [2.05, 4.69) is 25.9 Å².